The lowest BCUT2D eigenvalue weighted by atomic mass is 10.2. The van der Waals surface area contributed by atoms with Crippen molar-refractivity contribution in [2.75, 3.05) is 0 Å². The summed E-state index contributed by atoms with van der Waals surface area (Å²) in [5, 5.41) is 0. The van der Waals surface area contributed by atoms with E-state index in [-0.39, 0.29) is 6.42 Å². The Kier molecular flexibility index (Phi) is 4.63. The molecule has 0 aromatic heterocycles. The fourth-order valence-corrected chi connectivity index (χ4v) is 0.602. The van der Waals surface area contributed by atoms with Crippen molar-refractivity contribution in [3.63, 3.8) is 0 Å². The first kappa shape index (κ1) is 9.21. The number of alkyl halides is 1. The number of nitrogens with two attached hydrogens (primary N) is 1. The van der Waals surface area contributed by atoms with Crippen LogP contribution in [0.3, 0.4) is 0 Å². The zero-order chi connectivity index (χ0) is 7.98. The number of rotatable bonds is 4. The lowest BCUT2D eigenvalue weighted by Gasteiger charge is -1.99. The Morgan fingerprint density at radius 2 is 2.40 bits per heavy atom. The standard InChI is InChI=1S/C8H14FN/c1-3-4-5-8(9)6-7(2)10/h4-5,8H,2-3,6,10H2,1H3/b5-4-. The maximum Gasteiger partial charge on any atom is 0.124 e. The number of hydrogen-bond acceptors (Lipinski definition) is 1. The van der Waals surface area contributed by atoms with Gasteiger partial charge in [-0.15, -0.1) is 0 Å². The van der Waals surface area contributed by atoms with Crippen molar-refractivity contribution >= 4 is 0 Å². The molecule has 2 N–H and O–H groups in total. The molecule has 1 atom stereocenters. The number of allylic oxidation sites excluding steroid dienone is 3. The second kappa shape index (κ2) is 5.03. The van der Waals surface area contributed by atoms with E-state index in [1.165, 1.54) is 6.08 Å². The molecular formula is C8H14FN. The maximum absolute atomic E-state index is 12.6. The largest absolute Gasteiger partial charge is 0.402 e. The van der Waals surface area contributed by atoms with Crippen LogP contribution in [0.2, 0.25) is 0 Å². The summed E-state index contributed by atoms with van der Waals surface area (Å²) < 4.78 is 12.6. The highest BCUT2D eigenvalue weighted by Gasteiger charge is 1.99. The summed E-state index contributed by atoms with van der Waals surface area (Å²) >= 11 is 0. The molecule has 1 unspecified atom stereocenters. The predicted molar refractivity (Wildman–Crippen MR) is 42.3 cm³/mol. The van der Waals surface area contributed by atoms with E-state index >= 15 is 0 Å². The zero-order valence-electron chi connectivity index (χ0n) is 6.31. The highest BCUT2D eigenvalue weighted by Crippen LogP contribution is 2.03. The summed E-state index contributed by atoms with van der Waals surface area (Å²) in [5.74, 6) is 0. The van der Waals surface area contributed by atoms with Crippen LogP contribution < -0.4 is 5.73 Å². The van der Waals surface area contributed by atoms with Gasteiger partial charge in [0.05, 0.1) is 0 Å². The fraction of sp³-hybridized carbons (Fsp3) is 0.500. The summed E-state index contributed by atoms with van der Waals surface area (Å²) in [4.78, 5) is 0. The second-order valence-electron chi connectivity index (χ2n) is 2.21. The highest BCUT2D eigenvalue weighted by molar-refractivity contribution is 4.97. The van der Waals surface area contributed by atoms with Crippen LogP contribution in [0.5, 0.6) is 0 Å². The van der Waals surface area contributed by atoms with E-state index in [1.54, 1.807) is 6.08 Å². The predicted octanol–water partition coefficient (Wildman–Crippen LogP) is 2.15. The Balaban J connectivity index is 3.52. The average molecular weight is 143 g/mol. The quantitative estimate of drug-likeness (QED) is 0.599. The van der Waals surface area contributed by atoms with Gasteiger partial charge in [0.15, 0.2) is 0 Å². The minimum Gasteiger partial charge on any atom is -0.402 e. The average Bonchev–Trinajstić information content (AvgIpc) is 1.82. The van der Waals surface area contributed by atoms with E-state index in [1.807, 2.05) is 6.92 Å². The van der Waals surface area contributed by atoms with Gasteiger partial charge in [0.25, 0.3) is 0 Å². The molecule has 0 saturated carbocycles. The number of hydrogen-bond donors (Lipinski definition) is 1. The monoisotopic (exact) mass is 143 g/mol. The smallest absolute Gasteiger partial charge is 0.124 e. The Morgan fingerprint density at radius 1 is 1.80 bits per heavy atom. The molecule has 2 heteroatoms. The SMILES string of the molecule is C=C(N)CC(F)/C=C\CC. The zero-order valence-corrected chi connectivity index (χ0v) is 6.31. The highest BCUT2D eigenvalue weighted by atomic mass is 19.1. The summed E-state index contributed by atoms with van der Waals surface area (Å²) in [6.07, 6.45) is 3.43. The van der Waals surface area contributed by atoms with Crippen LogP contribution in [-0.4, -0.2) is 6.17 Å². The maximum atomic E-state index is 12.6. The molecule has 0 fully saturated rings. The molecule has 0 rings (SSSR count). The minimum absolute atomic E-state index is 0.233. The van der Waals surface area contributed by atoms with E-state index in [4.69, 9.17) is 5.73 Å². The lowest BCUT2D eigenvalue weighted by molar-refractivity contribution is 0.396. The third-order valence-electron chi connectivity index (χ3n) is 1.04. The van der Waals surface area contributed by atoms with Crippen molar-refractivity contribution < 1.29 is 4.39 Å². The molecule has 1 nitrogen and oxygen atoms in total. The van der Waals surface area contributed by atoms with Crippen LogP contribution in [0.15, 0.2) is 24.4 Å². The van der Waals surface area contributed by atoms with Crippen molar-refractivity contribution in [2.24, 2.45) is 5.73 Å². The first-order chi connectivity index (χ1) is 4.66. The minimum atomic E-state index is -0.961. The lowest BCUT2D eigenvalue weighted by Crippen LogP contribution is -2.03. The first-order valence-corrected chi connectivity index (χ1v) is 3.40. The Morgan fingerprint density at radius 3 is 2.80 bits per heavy atom. The van der Waals surface area contributed by atoms with E-state index in [9.17, 15) is 4.39 Å². The molecule has 0 amide bonds. The molecule has 0 aromatic rings. The van der Waals surface area contributed by atoms with Crippen LogP contribution in [0.1, 0.15) is 19.8 Å². The molecule has 0 aromatic carbocycles. The van der Waals surface area contributed by atoms with E-state index in [0.29, 0.717) is 5.70 Å². The molecule has 10 heavy (non-hydrogen) atoms. The van der Waals surface area contributed by atoms with Gasteiger partial charge >= 0.3 is 0 Å². The van der Waals surface area contributed by atoms with Crippen molar-refractivity contribution in [3.8, 4) is 0 Å². The van der Waals surface area contributed by atoms with Gasteiger partial charge in [-0.25, -0.2) is 4.39 Å². The summed E-state index contributed by atoms with van der Waals surface area (Å²) in [7, 11) is 0. The molecule has 0 spiro atoms. The Labute approximate surface area is 61.4 Å². The normalized spacial score (nSPS) is 13.8. The van der Waals surface area contributed by atoms with Gasteiger partial charge in [0, 0.05) is 12.1 Å². The van der Waals surface area contributed by atoms with Gasteiger partial charge in [-0.2, -0.15) is 0 Å². The van der Waals surface area contributed by atoms with Crippen molar-refractivity contribution in [2.45, 2.75) is 25.9 Å². The Bertz CT molecular complexity index is 129. The molecule has 0 saturated heterocycles. The van der Waals surface area contributed by atoms with Crippen LogP contribution in [0, 0.1) is 0 Å². The summed E-state index contributed by atoms with van der Waals surface area (Å²) in [6.45, 7) is 5.37. The molecule has 0 heterocycles. The van der Waals surface area contributed by atoms with Crippen LogP contribution in [-0.2, 0) is 0 Å². The third kappa shape index (κ3) is 5.35. The molecular weight excluding hydrogens is 129 g/mol. The molecule has 0 aliphatic rings. The van der Waals surface area contributed by atoms with Gasteiger partial charge in [0.1, 0.15) is 6.17 Å². The van der Waals surface area contributed by atoms with Gasteiger partial charge < -0.3 is 5.73 Å². The van der Waals surface area contributed by atoms with Crippen molar-refractivity contribution in [1.29, 1.82) is 0 Å². The Hall–Kier alpha value is -0.790. The molecule has 0 bridgehead atoms. The molecule has 58 valence electrons. The van der Waals surface area contributed by atoms with Crippen LogP contribution in [0.25, 0.3) is 0 Å². The van der Waals surface area contributed by atoms with E-state index < -0.39 is 6.17 Å². The van der Waals surface area contributed by atoms with Crippen molar-refractivity contribution in [3.05, 3.63) is 24.4 Å². The van der Waals surface area contributed by atoms with Gasteiger partial charge in [0.2, 0.25) is 0 Å². The number of halogens is 1. The topological polar surface area (TPSA) is 26.0 Å². The summed E-state index contributed by atoms with van der Waals surface area (Å²) in [5.41, 5.74) is 5.59. The molecule has 0 aliphatic heterocycles. The van der Waals surface area contributed by atoms with Gasteiger partial charge in [-0.05, 0) is 6.42 Å². The summed E-state index contributed by atoms with van der Waals surface area (Å²) in [6, 6.07) is 0. The van der Waals surface area contributed by atoms with Gasteiger partial charge in [-0.1, -0.05) is 25.7 Å². The fourth-order valence-electron chi connectivity index (χ4n) is 0.602. The third-order valence-corrected chi connectivity index (χ3v) is 1.04. The van der Waals surface area contributed by atoms with E-state index in [0.717, 1.165) is 6.42 Å². The van der Waals surface area contributed by atoms with E-state index in [2.05, 4.69) is 6.58 Å². The molecule has 0 aliphatic carbocycles. The second-order valence-corrected chi connectivity index (χ2v) is 2.21. The molecule has 0 radical (unpaired) electrons. The van der Waals surface area contributed by atoms with Crippen molar-refractivity contribution in [1.82, 2.24) is 0 Å². The van der Waals surface area contributed by atoms with Crippen LogP contribution in [0.4, 0.5) is 4.39 Å². The first-order valence-electron chi connectivity index (χ1n) is 3.40. The van der Waals surface area contributed by atoms with Crippen LogP contribution >= 0.6 is 0 Å². The van der Waals surface area contributed by atoms with Gasteiger partial charge in [-0.3, -0.25) is 0 Å².